The van der Waals surface area contributed by atoms with Crippen LogP contribution >= 0.6 is 11.3 Å². The molecule has 0 spiro atoms. The fourth-order valence-electron chi connectivity index (χ4n) is 4.02. The van der Waals surface area contributed by atoms with Gasteiger partial charge in [-0.05, 0) is 30.4 Å². The minimum absolute atomic E-state index is 0.00232. The Morgan fingerprint density at radius 2 is 2.10 bits per heavy atom. The highest BCUT2D eigenvalue weighted by Gasteiger charge is 2.28. The van der Waals surface area contributed by atoms with E-state index in [0.29, 0.717) is 23.6 Å². The summed E-state index contributed by atoms with van der Waals surface area (Å²) in [6.07, 6.45) is 3.56. The van der Waals surface area contributed by atoms with Gasteiger partial charge in [-0.1, -0.05) is 20.8 Å². The lowest BCUT2D eigenvalue weighted by atomic mass is 9.94. The van der Waals surface area contributed by atoms with Crippen molar-refractivity contribution in [2.24, 2.45) is 12.5 Å². The fraction of sp³-hybridized carbons (Fsp3) is 0.524. The molecule has 1 unspecified atom stereocenters. The molecular weight excluding hydrogens is 386 g/mol. The van der Waals surface area contributed by atoms with Crippen LogP contribution in [-0.4, -0.2) is 43.0 Å². The molecule has 1 aliphatic rings. The molecule has 0 aromatic carbocycles. The molecule has 0 bridgehead atoms. The Hall–Kier alpha value is -2.48. The quantitative estimate of drug-likeness (QED) is 0.661. The van der Waals surface area contributed by atoms with Crippen molar-refractivity contribution in [3.05, 3.63) is 44.9 Å². The van der Waals surface area contributed by atoms with Crippen molar-refractivity contribution in [3.63, 3.8) is 0 Å². The van der Waals surface area contributed by atoms with Gasteiger partial charge in [0.1, 0.15) is 4.88 Å². The maximum absolute atomic E-state index is 12.8. The number of amides is 1. The predicted molar refractivity (Wildman–Crippen MR) is 114 cm³/mol. The number of hydrogen-bond donors (Lipinski definition) is 0. The summed E-state index contributed by atoms with van der Waals surface area (Å²) in [7, 11) is 1.78. The molecule has 7 nitrogen and oxygen atoms in total. The number of piperidine rings is 1. The number of likely N-dealkylation sites (tertiary alicyclic amines) is 1. The topological polar surface area (TPSA) is 73.0 Å². The molecule has 4 heterocycles. The highest BCUT2D eigenvalue weighted by Crippen LogP contribution is 2.28. The maximum Gasteiger partial charge on any atom is 0.330 e. The number of rotatable bonds is 3. The molecule has 1 amide bonds. The van der Waals surface area contributed by atoms with Crippen molar-refractivity contribution >= 4 is 28.4 Å². The van der Waals surface area contributed by atoms with E-state index in [-0.39, 0.29) is 22.9 Å². The van der Waals surface area contributed by atoms with Crippen LogP contribution in [0.3, 0.4) is 0 Å². The number of pyridine rings is 1. The Morgan fingerprint density at radius 1 is 1.31 bits per heavy atom. The third kappa shape index (κ3) is 3.85. The number of fused-ring (bicyclic) bond motifs is 1. The Morgan fingerprint density at radius 3 is 2.79 bits per heavy atom. The lowest BCUT2D eigenvalue weighted by Crippen LogP contribution is -2.39. The van der Waals surface area contributed by atoms with Gasteiger partial charge >= 0.3 is 5.69 Å². The number of imidazole rings is 1. The summed E-state index contributed by atoms with van der Waals surface area (Å²) in [6.45, 7) is 8.41. The summed E-state index contributed by atoms with van der Waals surface area (Å²) >= 11 is 1.38. The summed E-state index contributed by atoms with van der Waals surface area (Å²) in [5.74, 6) is 0.216. The van der Waals surface area contributed by atoms with Crippen LogP contribution in [0.4, 0.5) is 0 Å². The largest absolute Gasteiger partial charge is 0.337 e. The highest BCUT2D eigenvalue weighted by atomic mass is 32.1. The van der Waals surface area contributed by atoms with Crippen LogP contribution in [0.5, 0.6) is 0 Å². The van der Waals surface area contributed by atoms with Crippen LogP contribution < -0.4 is 5.69 Å². The summed E-state index contributed by atoms with van der Waals surface area (Å²) in [4.78, 5) is 36.9. The molecule has 3 aromatic rings. The zero-order chi connectivity index (χ0) is 20.8. The number of aryl methyl sites for hydroxylation is 1. The molecule has 0 saturated carbocycles. The monoisotopic (exact) mass is 413 g/mol. The van der Waals surface area contributed by atoms with E-state index in [2.05, 4.69) is 25.8 Å². The van der Waals surface area contributed by atoms with E-state index in [1.807, 2.05) is 21.6 Å². The van der Waals surface area contributed by atoms with Crippen molar-refractivity contribution in [2.75, 3.05) is 13.1 Å². The number of carbonyl (C=O) groups is 1. The van der Waals surface area contributed by atoms with Crippen LogP contribution in [0.15, 0.2) is 28.6 Å². The number of hydrogen-bond acceptors (Lipinski definition) is 5. The molecule has 1 fully saturated rings. The molecule has 0 N–H and O–H groups in total. The van der Waals surface area contributed by atoms with E-state index in [1.165, 1.54) is 11.3 Å². The standard InChI is InChI=1S/C21H27N5O2S/c1-21(2,3)12-26-16-8-7-15(23-18(16)24(4)20(26)28)14-6-5-9-25(11-14)19(27)17-10-22-13-29-17/h7-8,10,13-14H,5-6,9,11-12H2,1-4H3. The lowest BCUT2D eigenvalue weighted by Gasteiger charge is -2.32. The maximum atomic E-state index is 12.8. The fourth-order valence-corrected chi connectivity index (χ4v) is 4.61. The van der Waals surface area contributed by atoms with E-state index in [4.69, 9.17) is 4.98 Å². The van der Waals surface area contributed by atoms with Gasteiger partial charge in [0.05, 0.1) is 17.2 Å². The van der Waals surface area contributed by atoms with Gasteiger partial charge in [0.2, 0.25) is 0 Å². The van der Waals surface area contributed by atoms with Crippen LogP contribution in [-0.2, 0) is 13.6 Å². The molecule has 1 aliphatic heterocycles. The lowest BCUT2D eigenvalue weighted by molar-refractivity contribution is 0.0710. The third-order valence-corrected chi connectivity index (χ3v) is 6.17. The first-order valence-corrected chi connectivity index (χ1v) is 10.9. The Labute approximate surface area is 174 Å². The number of thiazole rings is 1. The minimum Gasteiger partial charge on any atom is -0.337 e. The number of aromatic nitrogens is 4. The third-order valence-electron chi connectivity index (χ3n) is 5.40. The summed E-state index contributed by atoms with van der Waals surface area (Å²) < 4.78 is 3.44. The van der Waals surface area contributed by atoms with E-state index in [9.17, 15) is 9.59 Å². The molecular formula is C21H27N5O2S. The Balaban J connectivity index is 1.63. The van der Waals surface area contributed by atoms with Gasteiger partial charge in [-0.15, -0.1) is 11.3 Å². The van der Waals surface area contributed by atoms with Crippen molar-refractivity contribution in [3.8, 4) is 0 Å². The molecule has 1 atom stereocenters. The predicted octanol–water partition coefficient (Wildman–Crippen LogP) is 3.26. The van der Waals surface area contributed by atoms with E-state index >= 15 is 0 Å². The van der Waals surface area contributed by atoms with Crippen molar-refractivity contribution < 1.29 is 4.79 Å². The zero-order valence-electron chi connectivity index (χ0n) is 17.4. The second-order valence-corrected chi connectivity index (χ2v) is 9.91. The molecule has 8 heteroatoms. The first kappa shape index (κ1) is 19.8. The van der Waals surface area contributed by atoms with Crippen LogP contribution in [0.2, 0.25) is 0 Å². The van der Waals surface area contributed by atoms with E-state index in [0.717, 1.165) is 30.6 Å². The Bertz CT molecular complexity index is 1090. The molecule has 0 aliphatic carbocycles. The average Bonchev–Trinajstić information content (AvgIpc) is 3.30. The zero-order valence-corrected chi connectivity index (χ0v) is 18.2. The van der Waals surface area contributed by atoms with Crippen molar-refractivity contribution in [2.45, 2.75) is 46.1 Å². The molecule has 0 radical (unpaired) electrons. The van der Waals surface area contributed by atoms with Gasteiger partial charge < -0.3 is 4.90 Å². The summed E-state index contributed by atoms with van der Waals surface area (Å²) in [5.41, 5.74) is 4.17. The van der Waals surface area contributed by atoms with Crippen LogP contribution in [0.1, 0.15) is 54.9 Å². The summed E-state index contributed by atoms with van der Waals surface area (Å²) in [6, 6.07) is 4.03. The summed E-state index contributed by atoms with van der Waals surface area (Å²) in [5, 5.41) is 0. The average molecular weight is 414 g/mol. The van der Waals surface area contributed by atoms with Gasteiger partial charge in [-0.2, -0.15) is 0 Å². The van der Waals surface area contributed by atoms with E-state index < -0.39 is 0 Å². The molecule has 154 valence electrons. The first-order chi connectivity index (χ1) is 13.7. The SMILES string of the molecule is Cn1c(=O)n(CC(C)(C)C)c2ccc(C3CCCN(C(=O)c4cncs4)C3)nc21. The van der Waals surface area contributed by atoms with Gasteiger partial charge in [0.15, 0.2) is 5.65 Å². The number of nitrogens with zero attached hydrogens (tertiary/aromatic N) is 5. The van der Waals surface area contributed by atoms with E-state index in [1.54, 1.807) is 23.3 Å². The second kappa shape index (κ2) is 7.40. The Kier molecular flexibility index (Phi) is 5.06. The normalized spacial score (nSPS) is 17.8. The van der Waals surface area contributed by atoms with Crippen LogP contribution in [0, 0.1) is 5.41 Å². The smallest absolute Gasteiger partial charge is 0.330 e. The second-order valence-electron chi connectivity index (χ2n) is 9.02. The molecule has 3 aromatic heterocycles. The number of carbonyl (C=O) groups excluding carboxylic acids is 1. The minimum atomic E-state index is -0.0368. The molecule has 29 heavy (non-hydrogen) atoms. The molecule has 4 rings (SSSR count). The van der Waals surface area contributed by atoms with Gasteiger partial charge in [-0.25, -0.2) is 9.78 Å². The first-order valence-electron chi connectivity index (χ1n) is 9.98. The van der Waals surface area contributed by atoms with Gasteiger partial charge in [0.25, 0.3) is 5.91 Å². The van der Waals surface area contributed by atoms with Gasteiger partial charge in [0, 0.05) is 38.3 Å². The van der Waals surface area contributed by atoms with Crippen LogP contribution in [0.25, 0.3) is 11.2 Å². The van der Waals surface area contributed by atoms with Crippen molar-refractivity contribution in [1.29, 1.82) is 0 Å². The highest BCUT2D eigenvalue weighted by molar-refractivity contribution is 7.11. The molecule has 1 saturated heterocycles. The van der Waals surface area contributed by atoms with Crippen molar-refractivity contribution in [1.82, 2.24) is 24.0 Å². The van der Waals surface area contributed by atoms with Gasteiger partial charge in [-0.3, -0.25) is 18.9 Å².